The number of Topliss-reactive ketones (excluding diaryl/α,β-unsaturated/α-hetero) is 1. The molecule has 1 aromatic carbocycles. The Kier molecular flexibility index (Phi) is 3.91. The Morgan fingerprint density at radius 2 is 2.11 bits per heavy atom. The predicted molar refractivity (Wildman–Crippen MR) is 75.3 cm³/mol. The molecule has 0 aliphatic carbocycles. The average molecular weight is 275 g/mol. The van der Waals surface area contributed by atoms with E-state index in [4.69, 9.17) is 5.73 Å². The first-order valence-electron chi connectivity index (χ1n) is 5.66. The lowest BCUT2D eigenvalue weighted by molar-refractivity contribution is -0.115. The number of rotatable bonds is 4. The summed E-state index contributed by atoms with van der Waals surface area (Å²) in [6.07, 6.45) is 0.182. The number of nitrogens with zero attached hydrogens (tertiary/aromatic N) is 1. The minimum atomic E-state index is -0.206. The van der Waals surface area contributed by atoms with Gasteiger partial charge in [-0.15, -0.1) is 11.3 Å². The summed E-state index contributed by atoms with van der Waals surface area (Å²) in [6, 6.07) is 7.20. The maximum Gasteiger partial charge on any atom is 0.230 e. The number of para-hydroxylation sites is 1. The number of benzene rings is 1. The van der Waals surface area contributed by atoms with Crippen molar-refractivity contribution >= 4 is 33.8 Å². The zero-order chi connectivity index (χ0) is 13.8. The summed E-state index contributed by atoms with van der Waals surface area (Å²) in [5, 5.41) is 4.69. The van der Waals surface area contributed by atoms with Crippen molar-refractivity contribution in [2.45, 2.75) is 13.3 Å². The highest BCUT2D eigenvalue weighted by Crippen LogP contribution is 2.17. The van der Waals surface area contributed by atoms with Gasteiger partial charge in [-0.2, -0.15) is 0 Å². The van der Waals surface area contributed by atoms with Crippen molar-refractivity contribution in [2.75, 3.05) is 11.1 Å². The molecular formula is C13H13N3O2S. The summed E-state index contributed by atoms with van der Waals surface area (Å²) in [4.78, 5) is 26.9. The van der Waals surface area contributed by atoms with Crippen LogP contribution in [0.5, 0.6) is 0 Å². The van der Waals surface area contributed by atoms with E-state index in [-0.39, 0.29) is 18.1 Å². The van der Waals surface area contributed by atoms with Crippen LogP contribution in [0, 0.1) is 0 Å². The van der Waals surface area contributed by atoms with Crippen molar-refractivity contribution in [2.24, 2.45) is 0 Å². The van der Waals surface area contributed by atoms with Crippen LogP contribution in [0.4, 0.5) is 10.8 Å². The third kappa shape index (κ3) is 3.38. The van der Waals surface area contributed by atoms with Crippen molar-refractivity contribution in [3.8, 4) is 0 Å². The van der Waals surface area contributed by atoms with Crippen LogP contribution in [0.3, 0.4) is 0 Å². The molecule has 0 bridgehead atoms. The van der Waals surface area contributed by atoms with E-state index in [1.807, 2.05) is 12.1 Å². The van der Waals surface area contributed by atoms with Crippen LogP contribution in [0.2, 0.25) is 0 Å². The van der Waals surface area contributed by atoms with E-state index in [0.29, 0.717) is 16.5 Å². The molecule has 1 aromatic heterocycles. The number of carbonyl (C=O) groups is 2. The van der Waals surface area contributed by atoms with Crippen molar-refractivity contribution in [3.05, 3.63) is 40.9 Å². The van der Waals surface area contributed by atoms with Gasteiger partial charge in [0.25, 0.3) is 0 Å². The Morgan fingerprint density at radius 3 is 2.74 bits per heavy atom. The van der Waals surface area contributed by atoms with Gasteiger partial charge in [0.05, 0.1) is 6.42 Å². The molecule has 0 saturated carbocycles. The quantitative estimate of drug-likeness (QED) is 0.661. The molecule has 2 rings (SSSR count). The first kappa shape index (κ1) is 13.2. The van der Waals surface area contributed by atoms with Crippen molar-refractivity contribution in [3.63, 3.8) is 0 Å². The van der Waals surface area contributed by atoms with E-state index in [9.17, 15) is 9.59 Å². The molecule has 1 amide bonds. The number of nitrogens with two attached hydrogens (primary N) is 1. The summed E-state index contributed by atoms with van der Waals surface area (Å²) in [5.74, 6) is -0.327. The number of ketones is 1. The SMILES string of the molecule is CC(=O)c1csc(NC(=O)Cc2ccccc2N)n1. The van der Waals surface area contributed by atoms with Crippen LogP contribution in [0.1, 0.15) is 23.0 Å². The number of nitrogens with one attached hydrogen (secondary N) is 1. The van der Waals surface area contributed by atoms with Crippen molar-refractivity contribution in [1.29, 1.82) is 0 Å². The molecule has 19 heavy (non-hydrogen) atoms. The van der Waals surface area contributed by atoms with Gasteiger partial charge in [0.2, 0.25) is 5.91 Å². The van der Waals surface area contributed by atoms with Gasteiger partial charge in [0, 0.05) is 18.0 Å². The van der Waals surface area contributed by atoms with Crippen molar-refractivity contribution in [1.82, 2.24) is 4.98 Å². The maximum absolute atomic E-state index is 11.8. The van der Waals surface area contributed by atoms with E-state index in [0.717, 1.165) is 5.56 Å². The van der Waals surface area contributed by atoms with Gasteiger partial charge in [0.15, 0.2) is 10.9 Å². The molecule has 0 radical (unpaired) electrons. The van der Waals surface area contributed by atoms with Gasteiger partial charge < -0.3 is 11.1 Å². The van der Waals surface area contributed by atoms with E-state index in [2.05, 4.69) is 10.3 Å². The maximum atomic E-state index is 11.8. The number of hydrogen-bond acceptors (Lipinski definition) is 5. The van der Waals surface area contributed by atoms with Gasteiger partial charge in [-0.3, -0.25) is 9.59 Å². The minimum absolute atomic E-state index is 0.121. The first-order valence-corrected chi connectivity index (χ1v) is 6.54. The van der Waals surface area contributed by atoms with Crippen LogP contribution in [-0.4, -0.2) is 16.7 Å². The summed E-state index contributed by atoms with van der Waals surface area (Å²) in [7, 11) is 0. The van der Waals surface area contributed by atoms with Crippen LogP contribution in [0.25, 0.3) is 0 Å². The minimum Gasteiger partial charge on any atom is -0.398 e. The molecule has 0 unspecified atom stereocenters. The first-order chi connectivity index (χ1) is 9.06. The lowest BCUT2D eigenvalue weighted by atomic mass is 10.1. The van der Waals surface area contributed by atoms with E-state index < -0.39 is 0 Å². The number of aromatic nitrogens is 1. The molecule has 5 nitrogen and oxygen atoms in total. The largest absolute Gasteiger partial charge is 0.398 e. The number of hydrogen-bond donors (Lipinski definition) is 2. The molecule has 6 heteroatoms. The number of carbonyl (C=O) groups excluding carboxylic acids is 2. The highest BCUT2D eigenvalue weighted by atomic mass is 32.1. The number of amides is 1. The summed E-state index contributed by atoms with van der Waals surface area (Å²) in [5.41, 5.74) is 7.48. The number of thiazole rings is 1. The van der Waals surface area contributed by atoms with Gasteiger partial charge >= 0.3 is 0 Å². The van der Waals surface area contributed by atoms with Gasteiger partial charge in [-0.25, -0.2) is 4.98 Å². The Morgan fingerprint density at radius 1 is 1.37 bits per heavy atom. The second kappa shape index (κ2) is 5.62. The number of nitrogen functional groups attached to an aromatic ring is 1. The van der Waals surface area contributed by atoms with Crippen LogP contribution in [-0.2, 0) is 11.2 Å². The Balaban J connectivity index is 2.01. The monoisotopic (exact) mass is 275 g/mol. The number of anilines is 2. The third-order valence-electron chi connectivity index (χ3n) is 2.52. The molecule has 2 aromatic rings. The van der Waals surface area contributed by atoms with Gasteiger partial charge in [-0.05, 0) is 11.6 Å². The predicted octanol–water partition coefficient (Wildman–Crippen LogP) is 2.11. The standard InChI is InChI=1S/C13H13N3O2S/c1-8(17)11-7-19-13(15-11)16-12(18)6-9-4-2-3-5-10(9)14/h2-5,7H,6,14H2,1H3,(H,15,16,18). The fourth-order valence-corrected chi connectivity index (χ4v) is 2.29. The molecule has 98 valence electrons. The average Bonchev–Trinajstić information content (AvgIpc) is 2.80. The second-order valence-corrected chi connectivity index (χ2v) is 4.88. The Bertz CT molecular complexity index is 622. The highest BCUT2D eigenvalue weighted by Gasteiger charge is 2.10. The van der Waals surface area contributed by atoms with Gasteiger partial charge in [-0.1, -0.05) is 18.2 Å². The molecule has 0 aliphatic heterocycles. The van der Waals surface area contributed by atoms with E-state index in [1.165, 1.54) is 18.3 Å². The van der Waals surface area contributed by atoms with E-state index >= 15 is 0 Å². The Labute approximate surface area is 114 Å². The fraction of sp³-hybridized carbons (Fsp3) is 0.154. The molecular weight excluding hydrogens is 262 g/mol. The molecule has 0 atom stereocenters. The van der Waals surface area contributed by atoms with Gasteiger partial charge in [0.1, 0.15) is 5.69 Å². The third-order valence-corrected chi connectivity index (χ3v) is 3.28. The molecule has 0 aliphatic rings. The fourth-order valence-electron chi connectivity index (χ4n) is 1.52. The summed E-state index contributed by atoms with van der Waals surface area (Å²) < 4.78 is 0. The van der Waals surface area contributed by atoms with Crippen molar-refractivity contribution < 1.29 is 9.59 Å². The Hall–Kier alpha value is -2.21. The molecule has 3 N–H and O–H groups in total. The van der Waals surface area contributed by atoms with E-state index in [1.54, 1.807) is 17.5 Å². The lowest BCUT2D eigenvalue weighted by Crippen LogP contribution is -2.15. The lowest BCUT2D eigenvalue weighted by Gasteiger charge is -2.04. The van der Waals surface area contributed by atoms with Crippen LogP contribution < -0.4 is 11.1 Å². The molecule has 0 fully saturated rings. The summed E-state index contributed by atoms with van der Waals surface area (Å²) >= 11 is 1.23. The zero-order valence-electron chi connectivity index (χ0n) is 10.3. The second-order valence-electron chi connectivity index (χ2n) is 4.02. The molecule has 0 saturated heterocycles. The summed E-state index contributed by atoms with van der Waals surface area (Å²) in [6.45, 7) is 1.44. The topological polar surface area (TPSA) is 85.1 Å². The van der Waals surface area contributed by atoms with Crippen LogP contribution in [0.15, 0.2) is 29.6 Å². The molecule has 1 heterocycles. The van der Waals surface area contributed by atoms with Crippen LogP contribution >= 0.6 is 11.3 Å². The zero-order valence-corrected chi connectivity index (χ0v) is 11.2. The normalized spacial score (nSPS) is 10.2. The highest BCUT2D eigenvalue weighted by molar-refractivity contribution is 7.14. The molecule has 0 spiro atoms. The smallest absolute Gasteiger partial charge is 0.230 e.